The van der Waals surface area contributed by atoms with Crippen LogP contribution in [-0.2, 0) is 4.79 Å². The number of amides is 2. The van der Waals surface area contributed by atoms with Crippen molar-refractivity contribution in [2.75, 3.05) is 12.1 Å². The number of benzene rings is 3. The Bertz CT molecular complexity index is 1270. The van der Waals surface area contributed by atoms with Crippen LogP contribution in [0.5, 0.6) is 11.5 Å². The third kappa shape index (κ3) is 5.22. The lowest BCUT2D eigenvalue weighted by molar-refractivity contribution is -0.113. The zero-order valence-electron chi connectivity index (χ0n) is 17.6. The Morgan fingerprint density at radius 3 is 2.39 bits per heavy atom. The van der Waals surface area contributed by atoms with E-state index in [0.29, 0.717) is 28.3 Å². The molecule has 33 heavy (non-hydrogen) atoms. The van der Waals surface area contributed by atoms with Crippen molar-refractivity contribution >= 4 is 41.0 Å². The molecule has 8 heteroatoms. The number of hydrogen-bond acceptors (Lipinski definition) is 5. The lowest BCUT2D eigenvalue weighted by atomic mass is 10.1. The van der Waals surface area contributed by atoms with E-state index in [2.05, 4.69) is 10.6 Å². The van der Waals surface area contributed by atoms with Crippen LogP contribution >= 0.6 is 11.6 Å². The van der Waals surface area contributed by atoms with Crippen LogP contribution < -0.4 is 20.1 Å². The lowest BCUT2D eigenvalue weighted by Crippen LogP contribution is -2.31. The summed E-state index contributed by atoms with van der Waals surface area (Å²) >= 11 is 6.14. The monoisotopic (exact) mass is 462 g/mol. The van der Waals surface area contributed by atoms with Gasteiger partial charge in [0, 0.05) is 11.3 Å². The van der Waals surface area contributed by atoms with Crippen LogP contribution in [0.3, 0.4) is 0 Å². The van der Waals surface area contributed by atoms with Gasteiger partial charge in [0.15, 0.2) is 17.3 Å². The van der Waals surface area contributed by atoms with E-state index in [1.807, 2.05) is 0 Å². The van der Waals surface area contributed by atoms with E-state index in [0.717, 1.165) is 0 Å². The van der Waals surface area contributed by atoms with Crippen LogP contribution in [0, 0.1) is 0 Å². The van der Waals surface area contributed by atoms with E-state index in [1.165, 1.54) is 13.0 Å². The standard InChI is InChI=1S/C25H19ClN2O5/c1-15(29)17-7-9-18(10-8-17)27-25(31)21(28-24(30)19-4-2-3-5-20(19)26)12-16-6-11-22-23(13-16)33-14-32-22/h2-13H,14H2,1H3,(H,27,31)(H,28,30)/b21-12-. The zero-order chi connectivity index (χ0) is 23.4. The normalized spacial score (nSPS) is 12.2. The van der Waals surface area contributed by atoms with Crippen LogP contribution in [0.2, 0.25) is 5.02 Å². The molecule has 2 N–H and O–H groups in total. The molecule has 0 saturated carbocycles. The molecule has 0 aromatic heterocycles. The first kappa shape index (κ1) is 22.1. The van der Waals surface area contributed by atoms with E-state index in [4.69, 9.17) is 21.1 Å². The van der Waals surface area contributed by atoms with E-state index < -0.39 is 11.8 Å². The fourth-order valence-electron chi connectivity index (χ4n) is 3.15. The molecule has 1 aliphatic heterocycles. The van der Waals surface area contributed by atoms with Gasteiger partial charge in [0.1, 0.15) is 5.70 Å². The first-order chi connectivity index (χ1) is 15.9. The molecule has 0 saturated heterocycles. The number of ether oxygens (including phenoxy) is 2. The van der Waals surface area contributed by atoms with Crippen molar-refractivity contribution < 1.29 is 23.9 Å². The number of carbonyl (C=O) groups is 3. The summed E-state index contributed by atoms with van der Waals surface area (Å²) in [6.07, 6.45) is 1.52. The minimum Gasteiger partial charge on any atom is -0.454 e. The smallest absolute Gasteiger partial charge is 0.272 e. The third-order valence-electron chi connectivity index (χ3n) is 4.87. The molecule has 7 nitrogen and oxygen atoms in total. The van der Waals surface area contributed by atoms with E-state index in [-0.39, 0.29) is 28.9 Å². The Hall–Kier alpha value is -4.10. The molecule has 3 aromatic carbocycles. The van der Waals surface area contributed by atoms with E-state index >= 15 is 0 Å². The molecule has 0 atom stereocenters. The Labute approximate surface area is 195 Å². The van der Waals surface area contributed by atoms with Gasteiger partial charge in [0.25, 0.3) is 11.8 Å². The molecule has 166 valence electrons. The maximum absolute atomic E-state index is 13.1. The van der Waals surface area contributed by atoms with Gasteiger partial charge >= 0.3 is 0 Å². The largest absolute Gasteiger partial charge is 0.454 e. The molecular formula is C25H19ClN2O5. The van der Waals surface area contributed by atoms with Crippen molar-refractivity contribution in [1.29, 1.82) is 0 Å². The van der Waals surface area contributed by atoms with Crippen LogP contribution in [-0.4, -0.2) is 24.4 Å². The second kappa shape index (κ2) is 9.58. The minimum absolute atomic E-state index is 0.00516. The molecule has 1 heterocycles. The van der Waals surface area contributed by atoms with E-state index in [1.54, 1.807) is 66.7 Å². The molecule has 1 aliphatic rings. The topological polar surface area (TPSA) is 93.7 Å². The van der Waals surface area contributed by atoms with Crippen molar-refractivity contribution in [1.82, 2.24) is 5.32 Å². The maximum Gasteiger partial charge on any atom is 0.272 e. The van der Waals surface area contributed by atoms with Gasteiger partial charge in [-0.05, 0) is 67.1 Å². The minimum atomic E-state index is -0.552. The number of rotatable bonds is 6. The quantitative estimate of drug-likeness (QED) is 0.409. The Balaban J connectivity index is 1.62. The molecular weight excluding hydrogens is 444 g/mol. The Morgan fingerprint density at radius 2 is 1.67 bits per heavy atom. The number of ketones is 1. The second-order valence-electron chi connectivity index (χ2n) is 7.19. The summed E-state index contributed by atoms with van der Waals surface area (Å²) in [6.45, 7) is 1.58. The molecule has 4 rings (SSSR count). The lowest BCUT2D eigenvalue weighted by Gasteiger charge is -2.12. The maximum atomic E-state index is 13.1. The van der Waals surface area contributed by atoms with Gasteiger partial charge in [-0.15, -0.1) is 0 Å². The molecule has 2 amide bonds. The summed E-state index contributed by atoms with van der Waals surface area (Å²) in [6, 6.07) is 18.2. The fraction of sp³-hybridized carbons (Fsp3) is 0.0800. The SMILES string of the molecule is CC(=O)c1ccc(NC(=O)/C(=C/c2ccc3c(c2)OCO3)NC(=O)c2ccccc2Cl)cc1. The van der Waals surface area contributed by atoms with Gasteiger partial charge in [0.05, 0.1) is 10.6 Å². The Morgan fingerprint density at radius 1 is 0.939 bits per heavy atom. The molecule has 0 unspecified atom stereocenters. The third-order valence-corrected chi connectivity index (χ3v) is 5.20. The number of nitrogens with one attached hydrogen (secondary N) is 2. The summed E-state index contributed by atoms with van der Waals surface area (Å²) < 4.78 is 10.7. The first-order valence-corrected chi connectivity index (χ1v) is 10.4. The number of fused-ring (bicyclic) bond motifs is 1. The van der Waals surface area contributed by atoms with Gasteiger partial charge in [-0.25, -0.2) is 0 Å². The summed E-state index contributed by atoms with van der Waals surface area (Å²) in [5.74, 6) is -0.0221. The highest BCUT2D eigenvalue weighted by Gasteiger charge is 2.18. The van der Waals surface area contributed by atoms with Gasteiger partial charge < -0.3 is 20.1 Å². The highest BCUT2D eigenvalue weighted by molar-refractivity contribution is 6.34. The van der Waals surface area contributed by atoms with E-state index in [9.17, 15) is 14.4 Å². The summed E-state index contributed by atoms with van der Waals surface area (Å²) in [4.78, 5) is 37.4. The summed E-state index contributed by atoms with van der Waals surface area (Å²) in [7, 11) is 0. The average Bonchev–Trinajstić information content (AvgIpc) is 3.27. The van der Waals surface area contributed by atoms with Crippen molar-refractivity contribution in [2.45, 2.75) is 6.92 Å². The van der Waals surface area contributed by atoms with Crippen LogP contribution in [0.15, 0.2) is 72.4 Å². The molecule has 0 bridgehead atoms. The number of halogens is 1. The summed E-state index contributed by atoms with van der Waals surface area (Å²) in [5, 5.41) is 5.63. The molecule has 0 spiro atoms. The van der Waals surface area contributed by atoms with Gasteiger partial charge in [-0.2, -0.15) is 0 Å². The molecule has 0 aliphatic carbocycles. The highest BCUT2D eigenvalue weighted by atomic mass is 35.5. The van der Waals surface area contributed by atoms with Crippen LogP contribution in [0.25, 0.3) is 6.08 Å². The van der Waals surface area contributed by atoms with Crippen LogP contribution in [0.1, 0.15) is 33.2 Å². The van der Waals surface area contributed by atoms with Crippen LogP contribution in [0.4, 0.5) is 5.69 Å². The Kier molecular flexibility index (Phi) is 6.42. The molecule has 3 aromatic rings. The predicted octanol–water partition coefficient (Wildman–Crippen LogP) is 4.68. The molecule has 0 fully saturated rings. The highest BCUT2D eigenvalue weighted by Crippen LogP contribution is 2.33. The average molecular weight is 463 g/mol. The van der Waals surface area contributed by atoms with Crippen molar-refractivity contribution in [3.8, 4) is 11.5 Å². The second-order valence-corrected chi connectivity index (χ2v) is 7.60. The van der Waals surface area contributed by atoms with Crippen molar-refractivity contribution in [2.24, 2.45) is 0 Å². The van der Waals surface area contributed by atoms with Gasteiger partial charge in [0.2, 0.25) is 6.79 Å². The first-order valence-electron chi connectivity index (χ1n) is 10.0. The van der Waals surface area contributed by atoms with Gasteiger partial charge in [-0.3, -0.25) is 14.4 Å². The summed E-state index contributed by atoms with van der Waals surface area (Å²) in [5.41, 5.74) is 1.84. The molecule has 0 radical (unpaired) electrons. The number of anilines is 1. The fourth-order valence-corrected chi connectivity index (χ4v) is 3.37. The number of Topliss-reactive ketones (excluding diaryl/α,β-unsaturated/α-hetero) is 1. The number of hydrogen-bond donors (Lipinski definition) is 2. The number of carbonyl (C=O) groups excluding carboxylic acids is 3. The van der Waals surface area contributed by atoms with Crippen molar-refractivity contribution in [3.05, 3.63) is 94.1 Å². The van der Waals surface area contributed by atoms with Crippen molar-refractivity contribution in [3.63, 3.8) is 0 Å². The zero-order valence-corrected chi connectivity index (χ0v) is 18.3. The van der Waals surface area contributed by atoms with Gasteiger partial charge in [-0.1, -0.05) is 29.8 Å². The predicted molar refractivity (Wildman–Crippen MR) is 125 cm³/mol.